The number of hydrogen-bond acceptors (Lipinski definition) is 4. The van der Waals surface area contributed by atoms with E-state index in [1.807, 2.05) is 0 Å². The number of rotatable bonds is 2. The molecule has 7 atom stereocenters. The second-order valence-electron chi connectivity index (χ2n) is 9.08. The molecule has 1 unspecified atom stereocenters. The zero-order valence-corrected chi connectivity index (χ0v) is 16.5. The lowest BCUT2D eigenvalue weighted by atomic mass is 9.50. The Morgan fingerprint density at radius 1 is 1.37 bits per heavy atom. The van der Waals surface area contributed by atoms with Gasteiger partial charge in [-0.25, -0.2) is 0 Å². The lowest BCUT2D eigenvalue weighted by Gasteiger charge is -2.54. The average molecular weight is 370 g/mol. The van der Waals surface area contributed by atoms with Gasteiger partial charge in [0.15, 0.2) is 0 Å². The van der Waals surface area contributed by atoms with E-state index in [0.717, 1.165) is 44.2 Å². The minimum absolute atomic E-state index is 0.0498. The highest BCUT2D eigenvalue weighted by atomic mass is 16.5. The molecule has 0 aromatic heterocycles. The van der Waals surface area contributed by atoms with Crippen LogP contribution in [-0.4, -0.2) is 23.0 Å². The molecule has 3 fully saturated rings. The summed E-state index contributed by atoms with van der Waals surface area (Å²) in [6.45, 7) is 3.77. The molecule has 0 saturated heterocycles. The first-order valence-corrected chi connectivity index (χ1v) is 10.6. The maximum atomic E-state index is 11.7. The summed E-state index contributed by atoms with van der Waals surface area (Å²) < 4.78 is 5.71. The summed E-state index contributed by atoms with van der Waals surface area (Å²) in [6, 6.07) is 0. The van der Waals surface area contributed by atoms with Crippen molar-refractivity contribution in [2.24, 2.45) is 40.2 Å². The molecule has 27 heavy (non-hydrogen) atoms. The van der Waals surface area contributed by atoms with Crippen molar-refractivity contribution in [2.45, 2.75) is 71.3 Å². The molecule has 1 N–H and O–H groups in total. The van der Waals surface area contributed by atoms with Crippen molar-refractivity contribution < 1.29 is 14.7 Å². The molecule has 146 valence electrons. The van der Waals surface area contributed by atoms with E-state index in [2.05, 4.69) is 24.1 Å². The molecule has 0 bridgehead atoms. The second kappa shape index (κ2) is 7.00. The van der Waals surface area contributed by atoms with Crippen molar-refractivity contribution in [1.29, 1.82) is 0 Å². The molecule has 0 aromatic carbocycles. The van der Waals surface area contributed by atoms with Gasteiger partial charge >= 0.3 is 5.97 Å². The quantitative estimate of drug-likeness (QED) is 0.336. The van der Waals surface area contributed by atoms with Crippen LogP contribution in [0.25, 0.3) is 0 Å². The van der Waals surface area contributed by atoms with Crippen molar-refractivity contribution in [2.75, 3.05) is 0 Å². The van der Waals surface area contributed by atoms with E-state index in [9.17, 15) is 4.79 Å². The summed E-state index contributed by atoms with van der Waals surface area (Å²) >= 11 is 0. The molecule has 3 saturated carbocycles. The highest BCUT2D eigenvalue weighted by Crippen LogP contribution is 2.65. The molecule has 4 rings (SSSR count). The molecule has 4 aliphatic carbocycles. The Morgan fingerprint density at radius 2 is 2.19 bits per heavy atom. The fourth-order valence-corrected chi connectivity index (χ4v) is 7.33. The Bertz CT molecular complexity index is 718. The number of oxime groups is 1. The van der Waals surface area contributed by atoms with E-state index in [4.69, 9.17) is 16.4 Å². The number of nitrogens with zero attached hydrogens (tertiary/aromatic N) is 1. The van der Waals surface area contributed by atoms with Gasteiger partial charge in [-0.3, -0.25) is 4.79 Å². The Balaban J connectivity index is 1.64. The summed E-state index contributed by atoms with van der Waals surface area (Å²) in [5, 5.41) is 12.6. The van der Waals surface area contributed by atoms with E-state index in [1.54, 1.807) is 0 Å². The van der Waals surface area contributed by atoms with Crippen LogP contribution in [0.15, 0.2) is 16.8 Å². The highest BCUT2D eigenvalue weighted by Gasteiger charge is 2.61. The van der Waals surface area contributed by atoms with E-state index >= 15 is 0 Å². The number of ether oxygens (including phenoxy) is 1. The first-order valence-electron chi connectivity index (χ1n) is 10.6. The molecule has 0 spiro atoms. The van der Waals surface area contributed by atoms with Gasteiger partial charge in [-0.1, -0.05) is 23.6 Å². The first kappa shape index (κ1) is 18.6. The van der Waals surface area contributed by atoms with Crippen LogP contribution < -0.4 is 0 Å². The molecule has 0 amide bonds. The number of hydrogen-bond donors (Lipinski definition) is 1. The second-order valence-corrected chi connectivity index (χ2v) is 9.08. The monoisotopic (exact) mass is 369 g/mol. The Labute approximate surface area is 162 Å². The van der Waals surface area contributed by atoms with E-state index in [0.29, 0.717) is 23.7 Å². The SMILES string of the molecule is C#C[C@@H]1C(OC(C)=O)C[C@H]2[C@@H]3CCC4=CC(=NO)CC[C@@H]4[C@H]3CC[C@]12CC. The predicted molar refractivity (Wildman–Crippen MR) is 104 cm³/mol. The topological polar surface area (TPSA) is 58.9 Å². The largest absolute Gasteiger partial charge is 0.461 e. The normalized spacial score (nSPS) is 44.5. The van der Waals surface area contributed by atoms with Crippen LogP contribution in [0.3, 0.4) is 0 Å². The molecule has 0 aromatic rings. The van der Waals surface area contributed by atoms with Crippen molar-refractivity contribution >= 4 is 11.7 Å². The smallest absolute Gasteiger partial charge is 0.302 e. The summed E-state index contributed by atoms with van der Waals surface area (Å²) in [5.74, 6) is 5.44. The van der Waals surface area contributed by atoms with Gasteiger partial charge in [0.2, 0.25) is 0 Å². The maximum absolute atomic E-state index is 11.7. The number of terminal acetylenes is 1. The van der Waals surface area contributed by atoms with E-state index in [-0.39, 0.29) is 23.4 Å². The van der Waals surface area contributed by atoms with Crippen molar-refractivity contribution in [3.05, 3.63) is 11.6 Å². The van der Waals surface area contributed by atoms with Crippen molar-refractivity contribution in [3.63, 3.8) is 0 Å². The van der Waals surface area contributed by atoms with Gasteiger partial charge in [0, 0.05) is 6.92 Å². The Morgan fingerprint density at radius 3 is 2.85 bits per heavy atom. The summed E-state index contributed by atoms with van der Waals surface area (Å²) in [7, 11) is 0. The van der Waals surface area contributed by atoms with Crippen LogP contribution in [0.4, 0.5) is 0 Å². The summed E-state index contributed by atoms with van der Waals surface area (Å²) in [5.41, 5.74) is 2.45. The van der Waals surface area contributed by atoms with Crippen LogP contribution >= 0.6 is 0 Å². The van der Waals surface area contributed by atoms with Crippen LogP contribution in [-0.2, 0) is 9.53 Å². The third-order valence-electron chi connectivity index (χ3n) is 8.33. The van der Waals surface area contributed by atoms with E-state index in [1.165, 1.54) is 25.3 Å². The molecule has 4 nitrogen and oxygen atoms in total. The van der Waals surface area contributed by atoms with Crippen LogP contribution in [0.5, 0.6) is 0 Å². The zero-order chi connectivity index (χ0) is 19.2. The third kappa shape index (κ3) is 2.82. The van der Waals surface area contributed by atoms with Gasteiger partial charge in [0.1, 0.15) is 6.10 Å². The van der Waals surface area contributed by atoms with Gasteiger partial charge in [-0.05, 0) is 86.5 Å². The molecule has 0 aliphatic heterocycles. The standard InChI is InChI=1S/C23H31NO3/c1-4-20-22(27-14(3)25)13-21-19-8-6-15-12-16(24-26)7-9-17(15)18(19)10-11-23(20,21)5-2/h1,12,17-22,26H,5-11,13H2,2-3H3/t17-,18+,19+,20+,21-,22?,23+/m0/s1. The minimum atomic E-state index is -0.210. The lowest BCUT2D eigenvalue weighted by Crippen LogP contribution is -2.47. The van der Waals surface area contributed by atoms with Crippen LogP contribution in [0, 0.1) is 47.3 Å². The molecular formula is C23H31NO3. The number of fused-ring (bicyclic) bond motifs is 5. The van der Waals surface area contributed by atoms with Gasteiger partial charge in [-0.2, -0.15) is 0 Å². The molecule has 0 heterocycles. The fraction of sp³-hybridized carbons (Fsp3) is 0.739. The average Bonchev–Trinajstić information content (AvgIpc) is 2.99. The number of allylic oxidation sites excluding steroid dienone is 2. The minimum Gasteiger partial charge on any atom is -0.461 e. The predicted octanol–water partition coefficient (Wildman–Crippen LogP) is 4.57. The number of carbonyl (C=O) groups is 1. The molecule has 4 heteroatoms. The van der Waals surface area contributed by atoms with Crippen molar-refractivity contribution in [3.8, 4) is 12.3 Å². The Kier molecular flexibility index (Phi) is 4.82. The van der Waals surface area contributed by atoms with Gasteiger partial charge in [0.05, 0.1) is 11.6 Å². The summed E-state index contributed by atoms with van der Waals surface area (Å²) in [4.78, 5) is 11.7. The van der Waals surface area contributed by atoms with Crippen LogP contribution in [0.2, 0.25) is 0 Å². The number of carbonyl (C=O) groups excluding carboxylic acids is 1. The van der Waals surface area contributed by atoms with Crippen molar-refractivity contribution in [1.82, 2.24) is 0 Å². The van der Waals surface area contributed by atoms with E-state index < -0.39 is 0 Å². The molecular weight excluding hydrogens is 338 g/mol. The Hall–Kier alpha value is -1.76. The van der Waals surface area contributed by atoms with Crippen LogP contribution in [0.1, 0.15) is 65.2 Å². The first-order chi connectivity index (χ1) is 13.0. The van der Waals surface area contributed by atoms with Gasteiger partial charge in [-0.15, -0.1) is 6.42 Å². The summed E-state index contributed by atoms with van der Waals surface area (Å²) in [6.07, 6.45) is 16.6. The van der Waals surface area contributed by atoms with Gasteiger partial charge < -0.3 is 9.94 Å². The molecule has 0 radical (unpaired) electrons. The number of esters is 1. The highest BCUT2D eigenvalue weighted by molar-refractivity contribution is 5.96. The molecule has 4 aliphatic rings. The fourth-order valence-electron chi connectivity index (χ4n) is 7.33. The third-order valence-corrected chi connectivity index (χ3v) is 8.33. The zero-order valence-electron chi connectivity index (χ0n) is 16.5. The lowest BCUT2D eigenvalue weighted by molar-refractivity contribution is -0.147. The van der Waals surface area contributed by atoms with Gasteiger partial charge in [0.25, 0.3) is 0 Å². The maximum Gasteiger partial charge on any atom is 0.302 e.